The second kappa shape index (κ2) is 5.59. The molecule has 0 saturated heterocycles. The maximum atomic E-state index is 13.3. The third-order valence-corrected chi connectivity index (χ3v) is 3.31. The maximum Gasteiger partial charge on any atom is 0.196 e. The molecule has 2 aromatic rings. The van der Waals surface area contributed by atoms with Crippen LogP contribution < -0.4 is 4.74 Å². The Labute approximate surface area is 119 Å². The highest BCUT2D eigenvalue weighted by Gasteiger charge is 2.18. The zero-order chi connectivity index (χ0) is 14.0. The van der Waals surface area contributed by atoms with Crippen molar-refractivity contribution in [2.45, 2.75) is 0 Å². The van der Waals surface area contributed by atoms with Gasteiger partial charge in [0.05, 0.1) is 17.2 Å². The fraction of sp³-hybridized carbons (Fsp3) is 0.0714. The Balaban J connectivity index is 2.47. The summed E-state index contributed by atoms with van der Waals surface area (Å²) in [5.74, 6) is -0.541. The number of carbonyl (C=O) groups is 1. The van der Waals surface area contributed by atoms with E-state index in [1.165, 1.54) is 37.4 Å². The van der Waals surface area contributed by atoms with E-state index < -0.39 is 11.6 Å². The van der Waals surface area contributed by atoms with Gasteiger partial charge in [-0.15, -0.1) is 0 Å². The van der Waals surface area contributed by atoms with Crippen molar-refractivity contribution in [3.8, 4) is 5.75 Å². The number of methoxy groups -OCH3 is 1. The first-order chi connectivity index (χ1) is 9.04. The molecule has 0 N–H and O–H groups in total. The number of rotatable bonds is 3. The molecule has 0 aromatic heterocycles. The molecule has 5 heteroatoms. The molecule has 2 rings (SSSR count). The van der Waals surface area contributed by atoms with Gasteiger partial charge in [-0.1, -0.05) is 29.3 Å². The molecule has 0 aliphatic rings. The van der Waals surface area contributed by atoms with E-state index in [0.717, 1.165) is 0 Å². The molecule has 0 heterocycles. The van der Waals surface area contributed by atoms with Gasteiger partial charge in [-0.3, -0.25) is 4.79 Å². The third-order valence-electron chi connectivity index (χ3n) is 2.62. The van der Waals surface area contributed by atoms with E-state index in [0.29, 0.717) is 5.75 Å². The van der Waals surface area contributed by atoms with Crippen LogP contribution in [0.3, 0.4) is 0 Å². The molecular weight excluding hydrogens is 290 g/mol. The van der Waals surface area contributed by atoms with Gasteiger partial charge in [0.15, 0.2) is 5.78 Å². The molecule has 0 amide bonds. The molecule has 0 radical (unpaired) electrons. The van der Waals surface area contributed by atoms with Crippen molar-refractivity contribution in [2.75, 3.05) is 7.11 Å². The maximum absolute atomic E-state index is 13.3. The summed E-state index contributed by atoms with van der Waals surface area (Å²) in [6.45, 7) is 0. The quantitative estimate of drug-likeness (QED) is 0.787. The zero-order valence-electron chi connectivity index (χ0n) is 9.91. The van der Waals surface area contributed by atoms with Gasteiger partial charge >= 0.3 is 0 Å². The third kappa shape index (κ3) is 2.72. The highest BCUT2D eigenvalue weighted by molar-refractivity contribution is 6.38. The van der Waals surface area contributed by atoms with Gasteiger partial charge in [0.2, 0.25) is 0 Å². The van der Waals surface area contributed by atoms with Gasteiger partial charge in [-0.2, -0.15) is 0 Å². The Morgan fingerprint density at radius 3 is 2.53 bits per heavy atom. The lowest BCUT2D eigenvalue weighted by Gasteiger charge is -2.07. The molecule has 0 bridgehead atoms. The van der Waals surface area contributed by atoms with E-state index in [9.17, 15) is 9.18 Å². The number of hydrogen-bond donors (Lipinski definition) is 0. The van der Waals surface area contributed by atoms with E-state index in [-0.39, 0.29) is 21.2 Å². The van der Waals surface area contributed by atoms with Gasteiger partial charge in [0, 0.05) is 11.1 Å². The Morgan fingerprint density at radius 1 is 1.16 bits per heavy atom. The molecule has 0 fully saturated rings. The first kappa shape index (κ1) is 13.8. The topological polar surface area (TPSA) is 26.3 Å². The van der Waals surface area contributed by atoms with Gasteiger partial charge in [-0.25, -0.2) is 4.39 Å². The molecule has 0 aliphatic carbocycles. The molecule has 19 heavy (non-hydrogen) atoms. The summed E-state index contributed by atoms with van der Waals surface area (Å²) in [5.41, 5.74) is 0.323. The minimum absolute atomic E-state index is 0.0775. The molecule has 0 aliphatic heterocycles. The van der Waals surface area contributed by atoms with E-state index in [1.54, 1.807) is 6.07 Å². The summed E-state index contributed by atoms with van der Waals surface area (Å²) >= 11 is 11.8. The Morgan fingerprint density at radius 2 is 1.89 bits per heavy atom. The van der Waals surface area contributed by atoms with Crippen LogP contribution in [0.25, 0.3) is 0 Å². The molecular formula is C14H9Cl2FO2. The van der Waals surface area contributed by atoms with Crippen LogP contribution >= 0.6 is 23.2 Å². The first-order valence-electron chi connectivity index (χ1n) is 5.37. The van der Waals surface area contributed by atoms with Crippen LogP contribution in [-0.4, -0.2) is 12.9 Å². The molecule has 98 valence electrons. The monoisotopic (exact) mass is 298 g/mol. The summed E-state index contributed by atoms with van der Waals surface area (Å²) < 4.78 is 18.3. The van der Waals surface area contributed by atoms with Crippen molar-refractivity contribution in [1.82, 2.24) is 0 Å². The molecule has 0 unspecified atom stereocenters. The van der Waals surface area contributed by atoms with Gasteiger partial charge in [0.25, 0.3) is 0 Å². The van der Waals surface area contributed by atoms with Crippen molar-refractivity contribution in [2.24, 2.45) is 0 Å². The van der Waals surface area contributed by atoms with Crippen molar-refractivity contribution >= 4 is 29.0 Å². The average Bonchev–Trinajstić information content (AvgIpc) is 2.41. The fourth-order valence-corrected chi connectivity index (χ4v) is 2.10. The lowest BCUT2D eigenvalue weighted by molar-refractivity contribution is 0.103. The van der Waals surface area contributed by atoms with Crippen molar-refractivity contribution in [3.63, 3.8) is 0 Å². The van der Waals surface area contributed by atoms with Crippen molar-refractivity contribution in [3.05, 3.63) is 63.4 Å². The minimum Gasteiger partial charge on any atom is -0.497 e. The lowest BCUT2D eigenvalue weighted by Crippen LogP contribution is -2.04. The molecule has 0 spiro atoms. The Bertz CT molecular complexity index is 641. The number of ketones is 1. The summed E-state index contributed by atoms with van der Waals surface area (Å²) in [6.07, 6.45) is 0. The second-order valence-electron chi connectivity index (χ2n) is 3.78. The summed E-state index contributed by atoms with van der Waals surface area (Å²) in [5, 5.41) is 0.0177. The average molecular weight is 299 g/mol. The normalized spacial score (nSPS) is 10.3. The van der Waals surface area contributed by atoms with Crippen LogP contribution in [0.15, 0.2) is 36.4 Å². The van der Waals surface area contributed by atoms with E-state index in [2.05, 4.69) is 0 Å². The zero-order valence-corrected chi connectivity index (χ0v) is 11.4. The smallest absolute Gasteiger partial charge is 0.196 e. The molecule has 2 nitrogen and oxygen atoms in total. The standard InChI is InChI=1S/C14H9Cl2FO2/c1-19-8-5-6-9(11(15)7-8)14(18)10-3-2-4-12(17)13(10)16/h2-7H,1H3. The predicted molar refractivity (Wildman–Crippen MR) is 72.8 cm³/mol. The lowest BCUT2D eigenvalue weighted by atomic mass is 10.0. The molecule has 2 aromatic carbocycles. The van der Waals surface area contributed by atoms with Crippen LogP contribution in [-0.2, 0) is 0 Å². The van der Waals surface area contributed by atoms with Crippen LogP contribution in [0.1, 0.15) is 15.9 Å². The van der Waals surface area contributed by atoms with Gasteiger partial charge < -0.3 is 4.74 Å². The van der Waals surface area contributed by atoms with E-state index in [4.69, 9.17) is 27.9 Å². The summed E-state index contributed by atoms with van der Waals surface area (Å²) in [4.78, 5) is 12.3. The second-order valence-corrected chi connectivity index (χ2v) is 4.56. The van der Waals surface area contributed by atoms with E-state index >= 15 is 0 Å². The number of ether oxygens (including phenoxy) is 1. The number of benzene rings is 2. The SMILES string of the molecule is COc1ccc(C(=O)c2cccc(F)c2Cl)c(Cl)c1. The largest absolute Gasteiger partial charge is 0.497 e. The van der Waals surface area contributed by atoms with Crippen molar-refractivity contribution in [1.29, 1.82) is 0 Å². The predicted octanol–water partition coefficient (Wildman–Crippen LogP) is 4.37. The highest BCUT2D eigenvalue weighted by Crippen LogP contribution is 2.28. The van der Waals surface area contributed by atoms with Crippen LogP contribution in [0.2, 0.25) is 10.0 Å². The number of halogens is 3. The van der Waals surface area contributed by atoms with Gasteiger partial charge in [-0.05, 0) is 30.3 Å². The molecule has 0 atom stereocenters. The Hall–Kier alpha value is -1.58. The molecule has 0 saturated carbocycles. The minimum atomic E-state index is -0.642. The Kier molecular flexibility index (Phi) is 4.08. The van der Waals surface area contributed by atoms with Crippen LogP contribution in [0.4, 0.5) is 4.39 Å². The number of hydrogen-bond acceptors (Lipinski definition) is 2. The first-order valence-corrected chi connectivity index (χ1v) is 6.12. The fourth-order valence-electron chi connectivity index (χ4n) is 1.63. The summed E-state index contributed by atoms with van der Waals surface area (Å²) in [7, 11) is 1.50. The number of carbonyl (C=O) groups excluding carboxylic acids is 1. The highest BCUT2D eigenvalue weighted by atomic mass is 35.5. The van der Waals surface area contributed by atoms with Crippen molar-refractivity contribution < 1.29 is 13.9 Å². The summed E-state index contributed by atoms with van der Waals surface area (Å²) in [6, 6.07) is 8.70. The van der Waals surface area contributed by atoms with Crippen LogP contribution in [0.5, 0.6) is 5.75 Å². The van der Waals surface area contributed by atoms with Crippen LogP contribution in [0, 0.1) is 5.82 Å². The van der Waals surface area contributed by atoms with Gasteiger partial charge in [0.1, 0.15) is 11.6 Å². The van der Waals surface area contributed by atoms with E-state index in [1.807, 2.05) is 0 Å².